The van der Waals surface area contributed by atoms with Gasteiger partial charge in [-0.3, -0.25) is 24.4 Å². The maximum Gasteiger partial charge on any atom is 0.286 e. The molecular weight excluding hydrogens is 731 g/mol. The highest BCUT2D eigenvalue weighted by Crippen LogP contribution is 2.24. The molecule has 0 radical (unpaired) electrons. The van der Waals surface area contributed by atoms with E-state index >= 15 is 0 Å². The van der Waals surface area contributed by atoms with E-state index in [0.717, 1.165) is 54.1 Å². The predicted octanol–water partition coefficient (Wildman–Crippen LogP) is 3.53. The smallest absolute Gasteiger partial charge is 0.286 e. The van der Waals surface area contributed by atoms with Gasteiger partial charge in [-0.25, -0.2) is 4.98 Å². The van der Waals surface area contributed by atoms with Gasteiger partial charge in [-0.2, -0.15) is 0 Å². The number of nitrogens with zero attached hydrogens (tertiary/aromatic N) is 5. The van der Waals surface area contributed by atoms with Crippen molar-refractivity contribution in [3.05, 3.63) is 66.1 Å². The second-order valence-electron chi connectivity index (χ2n) is 12.8. The number of aryl methyl sites for hydroxylation is 1. The van der Waals surface area contributed by atoms with Crippen LogP contribution in [0.25, 0.3) is 0 Å². The van der Waals surface area contributed by atoms with Gasteiger partial charge in [-0.1, -0.05) is 49.0 Å². The second-order valence-corrected chi connectivity index (χ2v) is 13.9. The fourth-order valence-corrected chi connectivity index (χ4v) is 5.57. The van der Waals surface area contributed by atoms with Gasteiger partial charge in [-0.15, -0.1) is 5.10 Å². The number of carbonyl (C=O) groups excluding carboxylic acids is 3. The molecule has 1 fully saturated rings. The molecule has 0 saturated carbocycles. The van der Waals surface area contributed by atoms with Crippen LogP contribution in [-0.2, 0) is 52.8 Å². The van der Waals surface area contributed by atoms with E-state index in [-0.39, 0.29) is 22.3 Å². The zero-order valence-corrected chi connectivity index (χ0v) is 33.3. The summed E-state index contributed by atoms with van der Waals surface area (Å²) in [6, 6.07) is 13.4. The molecule has 1 atom stereocenters. The highest BCUT2D eigenvalue weighted by molar-refractivity contribution is 8.15. The molecule has 1 aromatic carbocycles. The van der Waals surface area contributed by atoms with Crippen molar-refractivity contribution in [1.29, 1.82) is 0 Å². The first kappa shape index (κ1) is 45.3. The molecule has 1 aliphatic heterocycles. The average Bonchev–Trinajstić information content (AvgIpc) is 3.78. The van der Waals surface area contributed by atoms with Gasteiger partial charge in [0.25, 0.3) is 5.24 Å². The number of anilines is 1. The van der Waals surface area contributed by atoms with E-state index < -0.39 is 0 Å². The van der Waals surface area contributed by atoms with Crippen LogP contribution < -0.4 is 20.3 Å². The number of hydrogen-bond acceptors (Lipinski definition) is 14. The number of ether oxygens (including phenoxy) is 6. The number of amides is 3. The van der Waals surface area contributed by atoms with E-state index in [1.165, 1.54) is 0 Å². The third-order valence-electron chi connectivity index (χ3n) is 7.86. The van der Waals surface area contributed by atoms with Gasteiger partial charge in [0.15, 0.2) is 0 Å². The van der Waals surface area contributed by atoms with Gasteiger partial charge in [0.2, 0.25) is 11.8 Å². The summed E-state index contributed by atoms with van der Waals surface area (Å²) in [5.74, 6) is 2.09. The van der Waals surface area contributed by atoms with Gasteiger partial charge in [0, 0.05) is 33.3 Å². The number of thioether (sulfide) groups is 1. The Balaban J connectivity index is 0.000000299. The first-order valence-electron chi connectivity index (χ1n) is 18.6. The third-order valence-corrected chi connectivity index (χ3v) is 8.84. The summed E-state index contributed by atoms with van der Waals surface area (Å²) in [7, 11) is 3.58. The summed E-state index contributed by atoms with van der Waals surface area (Å²) < 4.78 is 34.7. The van der Waals surface area contributed by atoms with E-state index in [1.807, 2.05) is 65.3 Å². The molecular formula is C38H57N7O9S. The van der Waals surface area contributed by atoms with Crippen molar-refractivity contribution >= 4 is 34.6 Å². The lowest BCUT2D eigenvalue weighted by atomic mass is 10.1. The Hall–Kier alpha value is -4.13. The molecule has 0 aliphatic carbocycles. The van der Waals surface area contributed by atoms with Gasteiger partial charge in [0.1, 0.15) is 23.9 Å². The van der Waals surface area contributed by atoms with Crippen LogP contribution in [0.4, 0.5) is 10.6 Å². The van der Waals surface area contributed by atoms with Crippen LogP contribution in [0.5, 0.6) is 5.75 Å². The first-order chi connectivity index (χ1) is 26.7. The second kappa shape index (κ2) is 27.5. The highest BCUT2D eigenvalue weighted by Gasteiger charge is 2.31. The van der Waals surface area contributed by atoms with E-state index in [4.69, 9.17) is 28.4 Å². The number of benzene rings is 1. The minimum atomic E-state index is -0.341. The number of aromatic nitrogens is 4. The minimum Gasteiger partial charge on any atom is -0.492 e. The largest absolute Gasteiger partial charge is 0.492 e. The topological polar surface area (TPSA) is 177 Å². The Labute approximate surface area is 328 Å². The maximum absolute atomic E-state index is 11.6. The van der Waals surface area contributed by atoms with Crippen molar-refractivity contribution < 1.29 is 42.8 Å². The van der Waals surface area contributed by atoms with Crippen LogP contribution in [0.15, 0.2) is 54.9 Å². The fraction of sp³-hybridized carbons (Fsp3) is 0.579. The Morgan fingerprint density at radius 2 is 1.56 bits per heavy atom. The van der Waals surface area contributed by atoms with Crippen LogP contribution in [-0.4, -0.2) is 129 Å². The number of imide groups is 1. The molecule has 3 heterocycles. The van der Waals surface area contributed by atoms with Crippen molar-refractivity contribution in [2.45, 2.75) is 51.5 Å². The van der Waals surface area contributed by atoms with Crippen molar-refractivity contribution in [3.8, 4) is 5.75 Å². The fourth-order valence-electron chi connectivity index (χ4n) is 4.71. The zero-order valence-electron chi connectivity index (χ0n) is 32.5. The van der Waals surface area contributed by atoms with Crippen molar-refractivity contribution in [3.63, 3.8) is 0 Å². The van der Waals surface area contributed by atoms with Crippen molar-refractivity contribution in [2.24, 2.45) is 5.92 Å². The van der Waals surface area contributed by atoms with E-state index in [9.17, 15) is 14.4 Å². The average molecular weight is 788 g/mol. The van der Waals surface area contributed by atoms with Crippen molar-refractivity contribution in [2.75, 3.05) is 91.6 Å². The Bertz CT molecular complexity index is 1500. The van der Waals surface area contributed by atoms with Crippen LogP contribution in [0.2, 0.25) is 0 Å². The van der Waals surface area contributed by atoms with Crippen LogP contribution in [0.1, 0.15) is 37.9 Å². The summed E-state index contributed by atoms with van der Waals surface area (Å²) in [5, 5.41) is 12.4. The normalized spacial score (nSPS) is 13.7. The molecule has 304 valence electrons. The number of rotatable bonds is 27. The van der Waals surface area contributed by atoms with E-state index in [2.05, 4.69) is 39.8 Å². The van der Waals surface area contributed by atoms with Crippen LogP contribution >= 0.6 is 11.8 Å². The number of hydrogen-bond donors (Lipinski definition) is 2. The molecule has 2 aromatic heterocycles. The molecule has 17 heteroatoms. The monoisotopic (exact) mass is 787 g/mol. The molecule has 1 aliphatic rings. The van der Waals surface area contributed by atoms with Crippen LogP contribution in [0, 0.1) is 5.92 Å². The lowest BCUT2D eigenvalue weighted by molar-refractivity contribution is -0.122. The van der Waals surface area contributed by atoms with Crippen molar-refractivity contribution in [1.82, 2.24) is 30.6 Å². The van der Waals surface area contributed by atoms with E-state index in [0.29, 0.717) is 91.4 Å². The van der Waals surface area contributed by atoms with E-state index in [1.54, 1.807) is 13.2 Å². The van der Waals surface area contributed by atoms with Crippen LogP contribution in [0.3, 0.4) is 0 Å². The molecule has 4 rings (SSSR count). The molecule has 1 unspecified atom stereocenters. The first-order valence-corrected chi connectivity index (χ1v) is 19.4. The standard InChI is InChI=1S/C20H38N4O6.C18H19N3O3S/c1-18(2)4-6-24-16-19(22-23-24)17-30-15-14-29-13-12-28-11-10-27-9-8-26-7-5-20(25)21-3;1-21(16-4-2-3-9-19-16)10-11-24-14-7-5-13(6-8-14)12-15-17(22)20-18(23)25-15/h16,18H,4-15,17H2,1-3H3,(H,21,25);2-9,15H,10-12H2,1H3,(H,20,22,23). The van der Waals surface area contributed by atoms with Gasteiger partial charge < -0.3 is 38.6 Å². The van der Waals surface area contributed by atoms with Gasteiger partial charge in [0.05, 0.1) is 84.1 Å². The summed E-state index contributed by atoms with van der Waals surface area (Å²) >= 11 is 1.05. The predicted molar refractivity (Wildman–Crippen MR) is 209 cm³/mol. The molecule has 1 saturated heterocycles. The Morgan fingerprint density at radius 3 is 2.15 bits per heavy atom. The van der Waals surface area contributed by atoms with Gasteiger partial charge >= 0.3 is 0 Å². The maximum atomic E-state index is 11.6. The number of likely N-dealkylation sites (N-methyl/N-ethyl adjacent to an activating group) is 1. The quantitative estimate of drug-likeness (QED) is 0.107. The highest BCUT2D eigenvalue weighted by atomic mass is 32.2. The lowest BCUT2D eigenvalue weighted by Gasteiger charge is -2.18. The van der Waals surface area contributed by atoms with Gasteiger partial charge in [-0.05, 0) is 48.6 Å². The molecule has 0 bridgehead atoms. The summed E-state index contributed by atoms with van der Waals surface area (Å²) in [6.45, 7) is 11.4. The summed E-state index contributed by atoms with van der Waals surface area (Å²) in [4.78, 5) is 40.1. The molecule has 3 amide bonds. The minimum absolute atomic E-state index is 0.0281. The molecule has 2 N–H and O–H groups in total. The molecule has 55 heavy (non-hydrogen) atoms. The summed E-state index contributed by atoms with van der Waals surface area (Å²) in [6.07, 6.45) is 5.67. The number of carbonyl (C=O) groups is 3. The summed E-state index contributed by atoms with van der Waals surface area (Å²) in [5.41, 5.74) is 1.83. The zero-order chi connectivity index (χ0) is 39.5. The third kappa shape index (κ3) is 20.4. The SMILES string of the molecule is CN(CCOc1ccc(CC2SC(=O)NC2=O)cc1)c1ccccn1.CNC(=O)CCOCCOCCOCCOCCOCc1cn(CCC(C)C)nn1. The number of nitrogens with one attached hydrogen (secondary N) is 2. The lowest BCUT2D eigenvalue weighted by Crippen LogP contribution is -2.25. The number of pyridine rings is 1. The Morgan fingerprint density at radius 1 is 0.909 bits per heavy atom. The molecule has 3 aromatic rings. The molecule has 16 nitrogen and oxygen atoms in total. The Kier molecular flexibility index (Phi) is 22.6. The molecule has 0 spiro atoms.